The predicted octanol–water partition coefficient (Wildman–Crippen LogP) is -0.0259. The van der Waals surface area contributed by atoms with Crippen LogP contribution in [-0.2, 0) is 17.1 Å². The fraction of sp³-hybridized carbons (Fsp3) is 0.353. The maximum atomic E-state index is 12.8. The summed E-state index contributed by atoms with van der Waals surface area (Å²) in [7, 11) is -2.20. The zero-order valence-electron chi connectivity index (χ0n) is 15.1. The average Bonchev–Trinajstić information content (AvgIpc) is 3.05. The predicted molar refractivity (Wildman–Crippen MR) is 97.6 cm³/mol. The molecule has 0 atom stereocenters. The van der Waals surface area contributed by atoms with Crippen LogP contribution in [0.2, 0.25) is 0 Å². The van der Waals surface area contributed by atoms with E-state index in [2.05, 4.69) is 4.98 Å². The molecule has 9 nitrogen and oxygen atoms in total. The van der Waals surface area contributed by atoms with Crippen LogP contribution in [0, 0.1) is 6.92 Å². The van der Waals surface area contributed by atoms with E-state index in [1.54, 1.807) is 24.1 Å². The molecule has 3 heterocycles. The van der Waals surface area contributed by atoms with Crippen LogP contribution in [0.25, 0.3) is 0 Å². The molecule has 1 saturated heterocycles. The highest BCUT2D eigenvalue weighted by atomic mass is 32.2. The Balaban J connectivity index is 1.71. The molecule has 0 unspecified atom stereocenters. The van der Waals surface area contributed by atoms with Crippen molar-refractivity contribution in [3.63, 3.8) is 0 Å². The number of hydrogen-bond donors (Lipinski definition) is 1. The second-order valence-electron chi connectivity index (χ2n) is 6.42. The van der Waals surface area contributed by atoms with Crippen molar-refractivity contribution in [2.75, 3.05) is 26.2 Å². The lowest BCUT2D eigenvalue weighted by Crippen LogP contribution is -2.50. The summed E-state index contributed by atoms with van der Waals surface area (Å²) in [5.74, 6) is -0.864. The Morgan fingerprint density at radius 3 is 2.33 bits per heavy atom. The number of pyridine rings is 1. The quantitative estimate of drug-likeness (QED) is 0.785. The Labute approximate surface area is 157 Å². The van der Waals surface area contributed by atoms with Gasteiger partial charge in [-0.1, -0.05) is 0 Å². The fourth-order valence-electron chi connectivity index (χ4n) is 2.98. The molecule has 2 amide bonds. The lowest BCUT2D eigenvalue weighted by atomic mass is 10.2. The summed E-state index contributed by atoms with van der Waals surface area (Å²) in [6.07, 6.45) is 2.89. The zero-order valence-corrected chi connectivity index (χ0v) is 15.9. The van der Waals surface area contributed by atoms with Crippen LogP contribution in [0.1, 0.15) is 26.5 Å². The molecule has 2 aromatic heterocycles. The maximum Gasteiger partial charge on any atom is 0.265 e. The van der Waals surface area contributed by atoms with Gasteiger partial charge in [0.1, 0.15) is 10.6 Å². The van der Waals surface area contributed by atoms with Crippen LogP contribution in [0.3, 0.4) is 0 Å². The van der Waals surface area contributed by atoms with Gasteiger partial charge in [0.2, 0.25) is 10.0 Å². The van der Waals surface area contributed by atoms with E-state index in [0.29, 0.717) is 5.56 Å². The van der Waals surface area contributed by atoms with Gasteiger partial charge in [-0.15, -0.1) is 0 Å². The van der Waals surface area contributed by atoms with Gasteiger partial charge in [0.15, 0.2) is 0 Å². The zero-order chi connectivity index (χ0) is 19.8. The Kier molecular flexibility index (Phi) is 5.03. The van der Waals surface area contributed by atoms with Crippen molar-refractivity contribution in [3.8, 4) is 0 Å². The maximum absolute atomic E-state index is 12.8. The van der Waals surface area contributed by atoms with Gasteiger partial charge in [-0.2, -0.15) is 4.31 Å². The van der Waals surface area contributed by atoms with E-state index in [1.807, 2.05) is 6.92 Å². The molecule has 1 aliphatic heterocycles. The molecule has 0 bridgehead atoms. The molecule has 10 heteroatoms. The monoisotopic (exact) mass is 391 g/mol. The molecule has 0 saturated carbocycles. The van der Waals surface area contributed by atoms with E-state index in [1.165, 1.54) is 27.3 Å². The van der Waals surface area contributed by atoms with Crippen molar-refractivity contribution in [1.29, 1.82) is 0 Å². The molecular formula is C17H21N5O4S. The molecule has 27 heavy (non-hydrogen) atoms. The van der Waals surface area contributed by atoms with E-state index in [4.69, 9.17) is 5.73 Å². The van der Waals surface area contributed by atoms with E-state index < -0.39 is 15.9 Å². The Hall–Kier alpha value is -2.72. The number of piperazine rings is 1. The van der Waals surface area contributed by atoms with Crippen LogP contribution in [-0.4, -0.2) is 65.2 Å². The van der Waals surface area contributed by atoms with Crippen molar-refractivity contribution in [2.24, 2.45) is 12.8 Å². The topological polar surface area (TPSA) is 119 Å². The van der Waals surface area contributed by atoms with Gasteiger partial charge in [-0.05, 0) is 25.1 Å². The highest BCUT2D eigenvalue weighted by Crippen LogP contribution is 2.20. The molecule has 3 rings (SSSR count). The molecule has 0 radical (unpaired) electrons. The molecule has 144 valence electrons. The minimum absolute atomic E-state index is 0.0151. The van der Waals surface area contributed by atoms with E-state index in [9.17, 15) is 18.0 Å². The summed E-state index contributed by atoms with van der Waals surface area (Å²) in [4.78, 5) is 29.6. The molecular weight excluding hydrogens is 370 g/mol. The third-order valence-electron chi connectivity index (χ3n) is 4.55. The molecule has 2 aromatic rings. The van der Waals surface area contributed by atoms with Crippen molar-refractivity contribution < 1.29 is 18.0 Å². The van der Waals surface area contributed by atoms with Crippen LogP contribution in [0.15, 0.2) is 35.5 Å². The molecule has 0 aliphatic carbocycles. The molecule has 2 N–H and O–H groups in total. The molecule has 0 spiro atoms. The van der Waals surface area contributed by atoms with Crippen LogP contribution >= 0.6 is 0 Å². The van der Waals surface area contributed by atoms with Crippen molar-refractivity contribution >= 4 is 21.8 Å². The SMILES string of the molecule is Cc1ccc(C(=O)N2CCN(S(=O)(=O)c3cc(C(N)=O)n(C)c3)CC2)cn1. The summed E-state index contributed by atoms with van der Waals surface area (Å²) >= 11 is 0. The fourth-order valence-corrected chi connectivity index (χ4v) is 4.47. The first kappa shape index (κ1) is 19.1. The number of aromatic nitrogens is 2. The number of nitrogens with zero attached hydrogens (tertiary/aromatic N) is 4. The summed E-state index contributed by atoms with van der Waals surface area (Å²) in [5.41, 5.74) is 6.67. The van der Waals surface area contributed by atoms with Gasteiger partial charge in [0.05, 0.1) is 5.56 Å². The van der Waals surface area contributed by atoms with Gasteiger partial charge in [0.25, 0.3) is 11.8 Å². The Morgan fingerprint density at radius 1 is 1.15 bits per heavy atom. The minimum atomic E-state index is -3.76. The van der Waals surface area contributed by atoms with Crippen LogP contribution in [0.5, 0.6) is 0 Å². The number of rotatable bonds is 4. The second-order valence-corrected chi connectivity index (χ2v) is 8.36. The number of nitrogens with two attached hydrogens (primary N) is 1. The van der Waals surface area contributed by atoms with Gasteiger partial charge in [-0.3, -0.25) is 14.6 Å². The lowest BCUT2D eigenvalue weighted by molar-refractivity contribution is 0.0697. The number of carbonyl (C=O) groups excluding carboxylic acids is 2. The van der Waals surface area contributed by atoms with E-state index in [-0.39, 0.29) is 42.7 Å². The van der Waals surface area contributed by atoms with Gasteiger partial charge in [-0.25, -0.2) is 8.42 Å². The van der Waals surface area contributed by atoms with Crippen LogP contribution in [0.4, 0.5) is 0 Å². The van der Waals surface area contributed by atoms with Gasteiger partial charge < -0.3 is 15.2 Å². The first-order chi connectivity index (χ1) is 12.7. The minimum Gasteiger partial charge on any atom is -0.364 e. The largest absolute Gasteiger partial charge is 0.364 e. The molecule has 1 aliphatic rings. The molecule has 0 aromatic carbocycles. The first-order valence-corrected chi connectivity index (χ1v) is 9.82. The normalized spacial score (nSPS) is 15.7. The summed E-state index contributed by atoms with van der Waals surface area (Å²) in [6, 6.07) is 4.75. The summed E-state index contributed by atoms with van der Waals surface area (Å²) in [5, 5.41) is 0. The van der Waals surface area contributed by atoms with E-state index in [0.717, 1.165) is 5.69 Å². The number of sulfonamides is 1. The van der Waals surface area contributed by atoms with E-state index >= 15 is 0 Å². The third-order valence-corrected chi connectivity index (χ3v) is 6.42. The molecule has 1 fully saturated rings. The smallest absolute Gasteiger partial charge is 0.265 e. The van der Waals surface area contributed by atoms with Crippen LogP contribution < -0.4 is 5.73 Å². The highest BCUT2D eigenvalue weighted by Gasteiger charge is 2.31. The number of hydrogen-bond acceptors (Lipinski definition) is 5. The first-order valence-electron chi connectivity index (χ1n) is 8.38. The number of amides is 2. The Morgan fingerprint density at radius 2 is 1.81 bits per heavy atom. The number of aryl methyl sites for hydroxylation is 2. The van der Waals surface area contributed by atoms with Gasteiger partial charge in [0, 0.05) is 51.3 Å². The van der Waals surface area contributed by atoms with Crippen molar-refractivity contribution in [3.05, 3.63) is 47.5 Å². The number of carbonyl (C=O) groups is 2. The van der Waals surface area contributed by atoms with Gasteiger partial charge >= 0.3 is 0 Å². The second kappa shape index (κ2) is 7.12. The highest BCUT2D eigenvalue weighted by molar-refractivity contribution is 7.89. The van der Waals surface area contributed by atoms with Crippen molar-refractivity contribution in [1.82, 2.24) is 18.8 Å². The Bertz CT molecular complexity index is 973. The summed E-state index contributed by atoms with van der Waals surface area (Å²) in [6.45, 7) is 2.75. The lowest BCUT2D eigenvalue weighted by Gasteiger charge is -2.33. The average molecular weight is 391 g/mol. The standard InChI is InChI=1S/C17H21N5O4S/c1-12-3-4-13(10-19-12)17(24)21-5-7-22(8-6-21)27(25,26)14-9-15(16(18)23)20(2)11-14/h3-4,9-11H,5-8H2,1-2H3,(H2,18,23). The number of primary amides is 1. The van der Waals surface area contributed by atoms with Crippen molar-refractivity contribution in [2.45, 2.75) is 11.8 Å². The third kappa shape index (κ3) is 3.71. The summed E-state index contributed by atoms with van der Waals surface area (Å²) < 4.78 is 28.3.